The van der Waals surface area contributed by atoms with Crippen LogP contribution in [0.1, 0.15) is 5.56 Å². The summed E-state index contributed by atoms with van der Waals surface area (Å²) in [6.07, 6.45) is 1.43. The van der Waals surface area contributed by atoms with Crippen molar-refractivity contribution in [2.75, 3.05) is 12.1 Å². The van der Waals surface area contributed by atoms with Crippen LogP contribution < -0.4 is 20.5 Å². The number of nitrogens with zero attached hydrogens (tertiary/aromatic N) is 3. The lowest BCUT2D eigenvalue weighted by Gasteiger charge is -2.08. The Balaban J connectivity index is 1.58. The fraction of sp³-hybridized carbons (Fsp3) is 0.154. The summed E-state index contributed by atoms with van der Waals surface area (Å²) in [4.78, 5) is 15.5. The first-order chi connectivity index (χ1) is 10.3. The minimum atomic E-state index is -0.310. The summed E-state index contributed by atoms with van der Waals surface area (Å²) in [5.41, 5.74) is 1.18. The van der Waals surface area contributed by atoms with Crippen molar-refractivity contribution < 1.29 is 9.47 Å². The van der Waals surface area contributed by atoms with Crippen LogP contribution in [0.25, 0.3) is 5.65 Å². The lowest BCUT2D eigenvalue weighted by atomic mass is 10.2. The number of fused-ring (bicyclic) bond motifs is 2. The van der Waals surface area contributed by atoms with Crippen molar-refractivity contribution >= 4 is 11.5 Å². The highest BCUT2D eigenvalue weighted by molar-refractivity contribution is 5.52. The monoisotopic (exact) mass is 285 g/mol. The van der Waals surface area contributed by atoms with E-state index in [4.69, 9.17) is 9.47 Å². The summed E-state index contributed by atoms with van der Waals surface area (Å²) < 4.78 is 12.1. The van der Waals surface area contributed by atoms with Crippen molar-refractivity contribution in [2.24, 2.45) is 0 Å². The van der Waals surface area contributed by atoms with E-state index in [-0.39, 0.29) is 12.5 Å². The first-order valence-electron chi connectivity index (χ1n) is 6.35. The van der Waals surface area contributed by atoms with Crippen molar-refractivity contribution in [3.05, 3.63) is 46.6 Å². The minimum Gasteiger partial charge on any atom is -0.454 e. The highest BCUT2D eigenvalue weighted by Gasteiger charge is 2.16. The summed E-state index contributed by atoms with van der Waals surface area (Å²) >= 11 is 0. The number of hydrogen-bond acceptors (Lipinski definition) is 6. The van der Waals surface area contributed by atoms with Gasteiger partial charge in [-0.05, 0) is 6.07 Å². The topological polar surface area (TPSA) is 93.5 Å². The van der Waals surface area contributed by atoms with E-state index in [1.807, 2.05) is 18.2 Å². The van der Waals surface area contributed by atoms with Gasteiger partial charge in [0, 0.05) is 18.2 Å². The molecule has 0 unspecified atom stereocenters. The van der Waals surface area contributed by atoms with Gasteiger partial charge in [-0.15, -0.1) is 0 Å². The van der Waals surface area contributed by atoms with Crippen LogP contribution in [0.5, 0.6) is 11.5 Å². The number of aromatic nitrogens is 4. The number of aromatic amines is 1. The van der Waals surface area contributed by atoms with Gasteiger partial charge in [0.2, 0.25) is 6.79 Å². The largest absolute Gasteiger partial charge is 0.454 e. The van der Waals surface area contributed by atoms with Crippen LogP contribution in [0.2, 0.25) is 0 Å². The number of rotatable bonds is 3. The first-order valence-corrected chi connectivity index (χ1v) is 6.35. The van der Waals surface area contributed by atoms with Crippen molar-refractivity contribution in [3.8, 4) is 11.5 Å². The third-order valence-corrected chi connectivity index (χ3v) is 3.25. The Hall–Kier alpha value is -3.03. The van der Waals surface area contributed by atoms with E-state index >= 15 is 0 Å². The van der Waals surface area contributed by atoms with Crippen LogP contribution in [0.4, 0.5) is 5.82 Å². The fourth-order valence-corrected chi connectivity index (χ4v) is 2.22. The van der Waals surface area contributed by atoms with Crippen LogP contribution in [-0.4, -0.2) is 26.4 Å². The molecule has 0 radical (unpaired) electrons. The van der Waals surface area contributed by atoms with Gasteiger partial charge in [0.15, 0.2) is 17.1 Å². The van der Waals surface area contributed by atoms with Crippen LogP contribution >= 0.6 is 0 Å². The second-order valence-electron chi connectivity index (χ2n) is 4.54. The number of benzene rings is 1. The standard InChI is InChI=1S/C13H11N5O3/c19-13-17-16-11-4-10(15-6-18(11)13)14-5-8-2-1-3-9-12(8)21-7-20-9/h1-4,6,14H,5,7H2,(H,17,19). The number of H-pyrrole nitrogens is 1. The Morgan fingerprint density at radius 3 is 3.29 bits per heavy atom. The number of hydrogen-bond donors (Lipinski definition) is 2. The molecule has 0 bridgehead atoms. The third kappa shape index (κ3) is 1.97. The number of ether oxygens (including phenoxy) is 2. The zero-order valence-electron chi connectivity index (χ0n) is 10.9. The predicted molar refractivity (Wildman–Crippen MR) is 73.5 cm³/mol. The lowest BCUT2D eigenvalue weighted by Crippen LogP contribution is -2.10. The van der Waals surface area contributed by atoms with Crippen LogP contribution in [0, 0.1) is 0 Å². The maximum Gasteiger partial charge on any atom is 0.348 e. The highest BCUT2D eigenvalue weighted by Crippen LogP contribution is 2.35. The molecule has 0 spiro atoms. The van der Waals surface area contributed by atoms with E-state index < -0.39 is 0 Å². The van der Waals surface area contributed by atoms with Gasteiger partial charge < -0.3 is 14.8 Å². The average Bonchev–Trinajstić information content (AvgIpc) is 3.12. The fourth-order valence-electron chi connectivity index (χ4n) is 2.22. The molecular formula is C13H11N5O3. The van der Waals surface area contributed by atoms with Crippen LogP contribution in [0.15, 0.2) is 35.4 Å². The van der Waals surface area contributed by atoms with Gasteiger partial charge in [0.05, 0.1) is 0 Å². The summed E-state index contributed by atoms with van der Waals surface area (Å²) in [5, 5.41) is 9.43. The van der Waals surface area contributed by atoms with Gasteiger partial charge in [-0.25, -0.2) is 19.3 Å². The molecular weight excluding hydrogens is 274 g/mol. The smallest absolute Gasteiger partial charge is 0.348 e. The van der Waals surface area contributed by atoms with Gasteiger partial charge in [-0.1, -0.05) is 12.1 Å². The molecule has 1 aromatic carbocycles. The quantitative estimate of drug-likeness (QED) is 0.738. The number of anilines is 1. The minimum absolute atomic E-state index is 0.243. The highest BCUT2D eigenvalue weighted by atomic mass is 16.7. The van der Waals surface area contributed by atoms with E-state index in [1.54, 1.807) is 6.07 Å². The van der Waals surface area contributed by atoms with Gasteiger partial charge >= 0.3 is 5.69 Å². The molecule has 106 valence electrons. The molecule has 2 aromatic heterocycles. The maximum atomic E-state index is 11.4. The molecule has 8 heteroatoms. The maximum absolute atomic E-state index is 11.4. The molecule has 0 atom stereocenters. The van der Waals surface area contributed by atoms with E-state index in [2.05, 4.69) is 20.5 Å². The molecule has 0 amide bonds. The van der Waals surface area contributed by atoms with Crippen molar-refractivity contribution in [1.82, 2.24) is 19.6 Å². The SMILES string of the molecule is O=c1[nH]nc2cc(NCc3cccc4c3OCO4)ncn12. The third-order valence-electron chi connectivity index (χ3n) is 3.25. The number of para-hydroxylation sites is 1. The molecule has 3 heterocycles. The molecule has 1 aliphatic rings. The molecule has 1 aliphatic heterocycles. The van der Waals surface area contributed by atoms with E-state index in [1.165, 1.54) is 10.7 Å². The second kappa shape index (κ2) is 4.51. The zero-order chi connectivity index (χ0) is 14.2. The molecule has 0 fully saturated rings. The van der Waals surface area contributed by atoms with Gasteiger partial charge in [0.25, 0.3) is 0 Å². The molecule has 0 saturated carbocycles. The van der Waals surface area contributed by atoms with Gasteiger partial charge in [-0.2, -0.15) is 5.10 Å². The lowest BCUT2D eigenvalue weighted by molar-refractivity contribution is 0.173. The predicted octanol–water partition coefficient (Wildman–Crippen LogP) is 0.758. The first kappa shape index (κ1) is 11.8. The molecule has 0 saturated heterocycles. The van der Waals surface area contributed by atoms with Crippen molar-refractivity contribution in [3.63, 3.8) is 0 Å². The summed E-state index contributed by atoms with van der Waals surface area (Å²) in [5.74, 6) is 2.12. The zero-order valence-corrected chi connectivity index (χ0v) is 10.9. The Kier molecular flexibility index (Phi) is 2.53. The number of nitrogens with one attached hydrogen (secondary N) is 2. The summed E-state index contributed by atoms with van der Waals surface area (Å²) in [7, 11) is 0. The molecule has 3 aromatic rings. The molecule has 21 heavy (non-hydrogen) atoms. The van der Waals surface area contributed by atoms with Gasteiger partial charge in [-0.3, -0.25) is 0 Å². The molecule has 0 aliphatic carbocycles. The Labute approximate surface area is 118 Å². The van der Waals surface area contributed by atoms with E-state index in [0.717, 1.165) is 17.1 Å². The van der Waals surface area contributed by atoms with E-state index in [0.29, 0.717) is 18.0 Å². The molecule has 8 nitrogen and oxygen atoms in total. The molecule has 4 rings (SSSR count). The van der Waals surface area contributed by atoms with Crippen LogP contribution in [0.3, 0.4) is 0 Å². The Morgan fingerprint density at radius 2 is 2.33 bits per heavy atom. The van der Waals surface area contributed by atoms with E-state index in [9.17, 15) is 4.79 Å². The van der Waals surface area contributed by atoms with Crippen LogP contribution in [-0.2, 0) is 6.54 Å². The Morgan fingerprint density at radius 1 is 1.38 bits per heavy atom. The second-order valence-corrected chi connectivity index (χ2v) is 4.54. The molecule has 2 N–H and O–H groups in total. The normalized spacial score (nSPS) is 12.8. The van der Waals surface area contributed by atoms with Crippen molar-refractivity contribution in [1.29, 1.82) is 0 Å². The summed E-state index contributed by atoms with van der Waals surface area (Å²) in [6, 6.07) is 7.43. The van der Waals surface area contributed by atoms with Gasteiger partial charge in [0.1, 0.15) is 12.1 Å². The van der Waals surface area contributed by atoms with Crippen molar-refractivity contribution in [2.45, 2.75) is 6.54 Å². The Bertz CT molecular complexity index is 870. The summed E-state index contributed by atoms with van der Waals surface area (Å²) in [6.45, 7) is 0.775. The average molecular weight is 285 g/mol.